The second kappa shape index (κ2) is 19.1. The summed E-state index contributed by atoms with van der Waals surface area (Å²) in [4.78, 5) is 4.91. The van der Waals surface area contributed by atoms with Crippen molar-refractivity contribution in [2.75, 3.05) is 0 Å². The SMILES string of the molecule is [2H]c1c([2H])c([2H])c(-c2cccc3c2-c2cccc(-c4c(C([2H])([2H])[2H])cccc4C([2H])([2H])[2H])c2-[n+]2[c-]n(-c4cccc(Oc5ccc6c7ccccc7n(-c7cc(C(C)(C)C)ccn7)c6c5)c4)c4cc(-c5ccc(C(C)(C)C)cc5)cc(c42)-c2ccccc2-3)c([2H])c1[2H]. The van der Waals surface area contributed by atoms with Gasteiger partial charge in [0.05, 0.1) is 40.3 Å². The number of nitrogens with zero attached hydrogens (tertiary/aromatic N) is 4. The molecule has 0 unspecified atom stereocenters. The van der Waals surface area contributed by atoms with Gasteiger partial charge in [-0.2, -0.15) is 0 Å². The van der Waals surface area contributed by atoms with E-state index in [2.05, 4.69) is 119 Å². The minimum absolute atomic E-state index is 0.0223. The van der Waals surface area contributed by atoms with Crippen LogP contribution in [-0.4, -0.2) is 14.1 Å². The Morgan fingerprint density at radius 2 is 1.12 bits per heavy atom. The van der Waals surface area contributed by atoms with E-state index in [4.69, 9.17) is 22.1 Å². The first-order valence-corrected chi connectivity index (χ1v) is 27.3. The number of para-hydroxylation sites is 2. The third kappa shape index (κ3) is 8.46. The van der Waals surface area contributed by atoms with Crippen LogP contribution in [0, 0.1) is 20.0 Å². The van der Waals surface area contributed by atoms with Gasteiger partial charge in [-0.25, -0.2) is 4.98 Å². The first-order valence-electron chi connectivity index (χ1n) is 32.8. The van der Waals surface area contributed by atoms with Crippen LogP contribution in [0.15, 0.2) is 231 Å². The van der Waals surface area contributed by atoms with Crippen molar-refractivity contribution >= 4 is 32.8 Å². The van der Waals surface area contributed by atoms with E-state index in [9.17, 15) is 2.74 Å². The second-order valence-electron chi connectivity index (χ2n) is 23.0. The third-order valence-electron chi connectivity index (χ3n) is 15.8. The zero-order chi connectivity index (χ0) is 64.7. The van der Waals surface area contributed by atoms with Gasteiger partial charge in [0.25, 0.3) is 6.33 Å². The molecule has 0 bridgehead atoms. The Balaban J connectivity index is 1.08. The Kier molecular flexibility index (Phi) is 9.16. The molecule has 13 aromatic rings. The van der Waals surface area contributed by atoms with Crippen molar-refractivity contribution in [1.29, 1.82) is 0 Å². The maximum absolute atomic E-state index is 9.47. The molecule has 5 heteroatoms. The summed E-state index contributed by atoms with van der Waals surface area (Å²) in [5, 5.41) is 2.11. The van der Waals surface area contributed by atoms with Gasteiger partial charge >= 0.3 is 0 Å². The molecule has 0 spiro atoms. The van der Waals surface area contributed by atoms with E-state index in [1.165, 1.54) is 18.2 Å². The highest BCUT2D eigenvalue weighted by molar-refractivity contribution is 6.10. The normalized spacial score (nSPS) is 14.5. The fourth-order valence-electron chi connectivity index (χ4n) is 11.9. The van der Waals surface area contributed by atoms with E-state index in [0.29, 0.717) is 56.2 Å². The largest absolute Gasteiger partial charge is 0.458 e. The minimum atomic E-state index is -2.81. The molecule has 0 aliphatic carbocycles. The first kappa shape index (κ1) is 38.9. The highest BCUT2D eigenvalue weighted by Crippen LogP contribution is 2.50. The smallest absolute Gasteiger partial charge is 0.269 e. The highest BCUT2D eigenvalue weighted by Gasteiger charge is 2.30. The van der Waals surface area contributed by atoms with E-state index in [1.807, 2.05) is 106 Å². The van der Waals surface area contributed by atoms with Crippen LogP contribution in [0.4, 0.5) is 0 Å². The molecule has 392 valence electrons. The molecule has 0 N–H and O–H groups in total. The molecule has 81 heavy (non-hydrogen) atoms. The van der Waals surface area contributed by atoms with Gasteiger partial charge in [-0.3, -0.25) is 13.7 Å². The lowest BCUT2D eigenvalue weighted by Gasteiger charge is -2.22. The average molecular weight is 1060 g/mol. The molecule has 0 radical (unpaired) electrons. The zero-order valence-corrected chi connectivity index (χ0v) is 45.7. The maximum atomic E-state index is 9.47. The Morgan fingerprint density at radius 3 is 1.88 bits per heavy atom. The van der Waals surface area contributed by atoms with E-state index in [-0.39, 0.29) is 38.6 Å². The summed E-state index contributed by atoms with van der Waals surface area (Å²) in [6.07, 6.45) is 5.66. The molecule has 14 rings (SSSR count). The number of hydrogen-bond acceptors (Lipinski definition) is 2. The van der Waals surface area contributed by atoms with E-state index >= 15 is 0 Å². The molecule has 10 aromatic carbocycles. The van der Waals surface area contributed by atoms with E-state index < -0.39 is 43.9 Å². The number of aromatic nitrogens is 4. The molecular formula is C76H62N4O. The topological polar surface area (TPSA) is 35.9 Å². The molecule has 3 aromatic heterocycles. The number of aryl methyl sites for hydroxylation is 2. The van der Waals surface area contributed by atoms with Gasteiger partial charge in [0.2, 0.25) is 0 Å². The van der Waals surface area contributed by atoms with Gasteiger partial charge in [-0.15, -0.1) is 0 Å². The number of ether oxygens (including phenoxy) is 1. The summed E-state index contributed by atoms with van der Waals surface area (Å²) in [6.45, 7) is 7.47. The van der Waals surface area contributed by atoms with Crippen LogP contribution in [0.5, 0.6) is 11.5 Å². The van der Waals surface area contributed by atoms with Gasteiger partial charge in [0, 0.05) is 31.3 Å². The van der Waals surface area contributed by atoms with E-state index in [0.717, 1.165) is 66.6 Å². The minimum Gasteiger partial charge on any atom is -0.458 e. The molecular weight excluding hydrogens is 985 g/mol. The summed E-state index contributed by atoms with van der Waals surface area (Å²) in [5.74, 6) is 1.87. The first-order chi connectivity index (χ1) is 43.8. The van der Waals surface area contributed by atoms with Crippen LogP contribution < -0.4 is 9.30 Å². The fourth-order valence-corrected chi connectivity index (χ4v) is 11.9. The average Bonchev–Trinajstić information content (AvgIpc) is 1.46. The predicted octanol–water partition coefficient (Wildman–Crippen LogP) is 19.5. The molecule has 0 fully saturated rings. The number of hydrogen-bond donors (Lipinski definition) is 0. The van der Waals surface area contributed by atoms with Crippen LogP contribution in [0.2, 0.25) is 0 Å². The van der Waals surface area contributed by atoms with Gasteiger partial charge in [0.15, 0.2) is 0 Å². The Hall–Kier alpha value is -9.58. The third-order valence-corrected chi connectivity index (χ3v) is 15.8. The van der Waals surface area contributed by atoms with Gasteiger partial charge < -0.3 is 4.74 Å². The summed E-state index contributed by atoms with van der Waals surface area (Å²) >= 11 is 0. The molecule has 4 heterocycles. The fraction of sp³-hybridized carbons (Fsp3) is 0.132. The van der Waals surface area contributed by atoms with Gasteiger partial charge in [-0.1, -0.05) is 205 Å². The highest BCUT2D eigenvalue weighted by atomic mass is 16.5. The summed E-state index contributed by atoms with van der Waals surface area (Å²) in [6, 6.07) is 59.8. The lowest BCUT2D eigenvalue weighted by molar-refractivity contribution is -0.570. The molecule has 0 saturated carbocycles. The van der Waals surface area contributed by atoms with Crippen LogP contribution in [0.3, 0.4) is 0 Å². The standard InChI is InChI=1S/C76H62N4O/c1-48-20-16-21-49(2)71(48)64-31-19-32-65-72-58(51-22-10-9-11-23-51)29-18-30-63(72)59-26-12-13-27-60(59)66-42-52(50-34-36-53(37-35-50)75(3,4)5)43-69-74(66)79(73(64)65)47-78(69)55-24-17-25-56(45-55)81-57-38-39-62-61-28-14-15-33-67(61)80(68(62)46-57)70-44-54(40-41-77-70)76(6,7)8/h9-46H,1-8H3/i1D3,2D3,9D,10D,11D,22D,23D. The van der Waals surface area contributed by atoms with Crippen molar-refractivity contribution in [3.63, 3.8) is 0 Å². The summed E-state index contributed by atoms with van der Waals surface area (Å²) in [7, 11) is 0. The number of fused-ring (bicyclic) bond motifs is 10. The zero-order valence-electron chi connectivity index (χ0n) is 56.7. The summed E-state index contributed by atoms with van der Waals surface area (Å²) < 4.78 is 113. The lowest BCUT2D eigenvalue weighted by atomic mass is 9.83. The van der Waals surface area contributed by atoms with Gasteiger partial charge in [-0.05, 0) is 168 Å². The van der Waals surface area contributed by atoms with Crippen molar-refractivity contribution < 1.29 is 24.4 Å². The number of rotatable bonds is 7. The van der Waals surface area contributed by atoms with Crippen molar-refractivity contribution in [2.45, 2.75) is 66.1 Å². The Labute approximate surface area is 490 Å². The quantitative estimate of drug-likeness (QED) is 0.118. The molecule has 5 nitrogen and oxygen atoms in total. The second-order valence-corrected chi connectivity index (χ2v) is 23.0. The molecule has 0 saturated heterocycles. The number of imidazole rings is 1. The lowest BCUT2D eigenvalue weighted by Crippen LogP contribution is -2.32. The molecule has 1 aliphatic rings. The van der Waals surface area contributed by atoms with Gasteiger partial charge in [0.1, 0.15) is 17.3 Å². The van der Waals surface area contributed by atoms with Crippen molar-refractivity contribution in [3.05, 3.63) is 259 Å². The van der Waals surface area contributed by atoms with Crippen molar-refractivity contribution in [2.24, 2.45) is 0 Å². The maximum Gasteiger partial charge on any atom is 0.269 e. The molecule has 1 aliphatic heterocycles. The van der Waals surface area contributed by atoms with E-state index in [1.54, 1.807) is 18.2 Å². The monoisotopic (exact) mass is 1060 g/mol. The van der Waals surface area contributed by atoms with Crippen molar-refractivity contribution in [3.8, 4) is 95.5 Å². The number of pyridine rings is 1. The Bertz CT molecular complexity index is 5140. The molecule has 0 atom stereocenters. The predicted molar refractivity (Wildman–Crippen MR) is 335 cm³/mol. The van der Waals surface area contributed by atoms with Crippen LogP contribution in [0.25, 0.3) is 117 Å². The summed E-state index contributed by atoms with van der Waals surface area (Å²) in [5.41, 5.74) is 11.9. The molecule has 0 amide bonds. The number of benzene rings is 10. The van der Waals surface area contributed by atoms with Crippen molar-refractivity contribution in [1.82, 2.24) is 14.1 Å². The van der Waals surface area contributed by atoms with Crippen LogP contribution in [0.1, 0.15) is 78.9 Å². The van der Waals surface area contributed by atoms with Crippen LogP contribution >= 0.6 is 0 Å². The van der Waals surface area contributed by atoms with Crippen LogP contribution in [-0.2, 0) is 10.8 Å². The Morgan fingerprint density at radius 1 is 0.481 bits per heavy atom.